The molecule has 1 atom stereocenters. The van der Waals surface area contributed by atoms with Crippen molar-refractivity contribution in [1.29, 1.82) is 0 Å². The van der Waals surface area contributed by atoms with Crippen molar-refractivity contribution in [2.75, 3.05) is 12.9 Å². The Balaban J connectivity index is 2.25. The predicted octanol–water partition coefficient (Wildman–Crippen LogP) is 2.98. The van der Waals surface area contributed by atoms with Crippen LogP contribution in [0.5, 0.6) is 0 Å². The maximum absolute atomic E-state index is 13.3. The summed E-state index contributed by atoms with van der Waals surface area (Å²) in [5.41, 5.74) is 4.91. The molecule has 0 radical (unpaired) electrons. The number of nitrogens with two attached hydrogens (primary N) is 1. The maximum atomic E-state index is 13.3. The Labute approximate surface area is 117 Å². The fourth-order valence-electron chi connectivity index (χ4n) is 1.67. The molecule has 1 rings (SSSR count). The number of hydrogen-bond donors (Lipinski definition) is 1. The van der Waals surface area contributed by atoms with E-state index in [4.69, 9.17) is 5.73 Å². The largest absolute Gasteiger partial charge is 0.468 e. The Hall–Kier alpha value is -1.07. The van der Waals surface area contributed by atoms with Crippen LogP contribution in [0.1, 0.15) is 26.2 Å². The van der Waals surface area contributed by atoms with Crippen molar-refractivity contribution < 1.29 is 13.9 Å². The quantitative estimate of drug-likeness (QED) is 0.475. The molecule has 0 fully saturated rings. The second-order valence-corrected chi connectivity index (χ2v) is 5.78. The monoisotopic (exact) mass is 285 g/mol. The fraction of sp³-hybridized carbons (Fsp3) is 0.500. The Morgan fingerprint density at radius 1 is 1.42 bits per heavy atom. The molecule has 0 saturated carbocycles. The first-order valence-corrected chi connectivity index (χ1v) is 7.20. The van der Waals surface area contributed by atoms with Gasteiger partial charge in [0.25, 0.3) is 0 Å². The molecular formula is C14H20FNO2S. The molecular weight excluding hydrogens is 265 g/mol. The minimum Gasteiger partial charge on any atom is -0.468 e. The van der Waals surface area contributed by atoms with E-state index in [0.29, 0.717) is 11.3 Å². The van der Waals surface area contributed by atoms with Gasteiger partial charge in [0.2, 0.25) is 0 Å². The highest BCUT2D eigenvalue weighted by Gasteiger charge is 2.28. The zero-order valence-electron chi connectivity index (χ0n) is 11.3. The van der Waals surface area contributed by atoms with Crippen LogP contribution in [0.4, 0.5) is 4.39 Å². The molecule has 0 aliphatic heterocycles. The SMILES string of the molecule is COC(=O)C(C)(N)CCCCSc1ccccc1F. The average molecular weight is 285 g/mol. The molecule has 0 amide bonds. The summed E-state index contributed by atoms with van der Waals surface area (Å²) in [6.07, 6.45) is 2.25. The van der Waals surface area contributed by atoms with Crippen LogP contribution in [0.2, 0.25) is 0 Å². The second-order valence-electron chi connectivity index (χ2n) is 4.65. The van der Waals surface area contributed by atoms with Crippen LogP contribution in [0.25, 0.3) is 0 Å². The summed E-state index contributed by atoms with van der Waals surface area (Å²) >= 11 is 1.48. The van der Waals surface area contributed by atoms with E-state index in [9.17, 15) is 9.18 Å². The number of esters is 1. The van der Waals surface area contributed by atoms with Crippen LogP contribution in [0, 0.1) is 5.82 Å². The van der Waals surface area contributed by atoms with Crippen molar-refractivity contribution in [3.63, 3.8) is 0 Å². The Kier molecular flexibility index (Phi) is 6.31. The number of rotatable bonds is 7. The summed E-state index contributed by atoms with van der Waals surface area (Å²) in [6, 6.07) is 6.72. The van der Waals surface area contributed by atoms with E-state index in [1.807, 2.05) is 6.07 Å². The van der Waals surface area contributed by atoms with Crippen LogP contribution in [-0.4, -0.2) is 24.4 Å². The molecule has 3 nitrogen and oxygen atoms in total. The van der Waals surface area contributed by atoms with Crippen LogP contribution >= 0.6 is 11.8 Å². The van der Waals surface area contributed by atoms with Gasteiger partial charge in [0, 0.05) is 4.90 Å². The van der Waals surface area contributed by atoms with Gasteiger partial charge in [-0.3, -0.25) is 4.79 Å². The maximum Gasteiger partial charge on any atom is 0.325 e. The van der Waals surface area contributed by atoms with Gasteiger partial charge in [0.15, 0.2) is 0 Å². The minimum atomic E-state index is -0.933. The van der Waals surface area contributed by atoms with Gasteiger partial charge in [-0.1, -0.05) is 18.6 Å². The molecule has 0 bridgehead atoms. The molecule has 2 N–H and O–H groups in total. The molecule has 1 aromatic carbocycles. The van der Waals surface area contributed by atoms with E-state index in [-0.39, 0.29) is 5.82 Å². The van der Waals surface area contributed by atoms with Gasteiger partial charge in [0.1, 0.15) is 11.4 Å². The number of hydrogen-bond acceptors (Lipinski definition) is 4. The third-order valence-corrected chi connectivity index (χ3v) is 3.97. The van der Waals surface area contributed by atoms with Gasteiger partial charge in [-0.2, -0.15) is 0 Å². The summed E-state index contributed by atoms with van der Waals surface area (Å²) in [5, 5.41) is 0. The summed E-state index contributed by atoms with van der Waals surface area (Å²) in [4.78, 5) is 12.0. The topological polar surface area (TPSA) is 52.3 Å². The second kappa shape index (κ2) is 7.50. The number of carbonyl (C=O) groups excluding carboxylic acids is 1. The first-order chi connectivity index (χ1) is 8.97. The normalized spacial score (nSPS) is 13.9. The average Bonchev–Trinajstić information content (AvgIpc) is 2.39. The van der Waals surface area contributed by atoms with Crippen molar-refractivity contribution in [3.05, 3.63) is 30.1 Å². The number of unbranched alkanes of at least 4 members (excludes halogenated alkanes) is 1. The van der Waals surface area contributed by atoms with Gasteiger partial charge < -0.3 is 10.5 Å². The van der Waals surface area contributed by atoms with E-state index in [1.54, 1.807) is 19.1 Å². The van der Waals surface area contributed by atoms with Gasteiger partial charge >= 0.3 is 5.97 Å². The number of carbonyl (C=O) groups is 1. The van der Waals surface area contributed by atoms with Crippen molar-refractivity contribution in [3.8, 4) is 0 Å². The summed E-state index contributed by atoms with van der Waals surface area (Å²) in [6.45, 7) is 1.67. The number of thioether (sulfide) groups is 1. The van der Waals surface area contributed by atoms with Gasteiger partial charge in [0.05, 0.1) is 7.11 Å². The molecule has 0 aliphatic carbocycles. The number of halogens is 1. The highest BCUT2D eigenvalue weighted by molar-refractivity contribution is 7.99. The first kappa shape index (κ1) is 16.0. The zero-order chi connectivity index (χ0) is 14.3. The van der Waals surface area contributed by atoms with Gasteiger partial charge in [-0.05, 0) is 37.7 Å². The van der Waals surface area contributed by atoms with Crippen LogP contribution in [0.3, 0.4) is 0 Å². The van der Waals surface area contributed by atoms with Crippen LogP contribution < -0.4 is 5.73 Å². The highest BCUT2D eigenvalue weighted by Crippen LogP contribution is 2.23. The van der Waals surface area contributed by atoms with Gasteiger partial charge in [-0.15, -0.1) is 11.8 Å². The highest BCUT2D eigenvalue weighted by atomic mass is 32.2. The molecule has 0 aliphatic rings. The Morgan fingerprint density at radius 2 is 2.11 bits per heavy atom. The van der Waals surface area contributed by atoms with Gasteiger partial charge in [-0.25, -0.2) is 4.39 Å². The first-order valence-electron chi connectivity index (χ1n) is 6.22. The molecule has 5 heteroatoms. The molecule has 1 aromatic rings. The van der Waals surface area contributed by atoms with Crippen molar-refractivity contribution >= 4 is 17.7 Å². The lowest BCUT2D eigenvalue weighted by atomic mass is 9.97. The number of methoxy groups -OCH3 is 1. The van der Waals surface area contributed by atoms with Crippen molar-refractivity contribution in [1.82, 2.24) is 0 Å². The molecule has 0 saturated heterocycles. The summed E-state index contributed by atoms with van der Waals surface area (Å²) in [7, 11) is 1.33. The number of benzene rings is 1. The summed E-state index contributed by atoms with van der Waals surface area (Å²) < 4.78 is 18.0. The van der Waals surface area contributed by atoms with Crippen molar-refractivity contribution in [2.45, 2.75) is 36.6 Å². The molecule has 0 heterocycles. The minimum absolute atomic E-state index is 0.189. The Morgan fingerprint density at radius 3 is 2.74 bits per heavy atom. The van der Waals surface area contributed by atoms with Crippen molar-refractivity contribution in [2.24, 2.45) is 5.73 Å². The van der Waals surface area contributed by atoms with E-state index in [2.05, 4.69) is 4.74 Å². The predicted molar refractivity (Wildman–Crippen MR) is 75.6 cm³/mol. The van der Waals surface area contributed by atoms with Crippen LogP contribution in [0.15, 0.2) is 29.2 Å². The molecule has 1 unspecified atom stereocenters. The van der Waals surface area contributed by atoms with E-state index in [1.165, 1.54) is 24.9 Å². The fourth-order valence-corrected chi connectivity index (χ4v) is 2.62. The zero-order valence-corrected chi connectivity index (χ0v) is 12.1. The third kappa shape index (κ3) is 5.20. The molecule has 19 heavy (non-hydrogen) atoms. The third-order valence-electron chi connectivity index (χ3n) is 2.84. The molecule has 106 valence electrons. The Bertz CT molecular complexity index is 424. The van der Waals surface area contributed by atoms with E-state index < -0.39 is 11.5 Å². The van der Waals surface area contributed by atoms with E-state index in [0.717, 1.165) is 18.6 Å². The summed E-state index contributed by atoms with van der Waals surface area (Å²) in [5.74, 6) is 0.220. The lowest BCUT2D eigenvalue weighted by Gasteiger charge is -2.20. The lowest BCUT2D eigenvalue weighted by Crippen LogP contribution is -2.45. The molecule has 0 spiro atoms. The molecule has 0 aromatic heterocycles. The smallest absolute Gasteiger partial charge is 0.325 e. The van der Waals surface area contributed by atoms with Crippen LogP contribution in [-0.2, 0) is 9.53 Å². The lowest BCUT2D eigenvalue weighted by molar-refractivity contribution is -0.146. The standard InChI is InChI=1S/C14H20FNO2S/c1-14(16,13(17)18-2)9-5-6-10-19-12-8-4-3-7-11(12)15/h3-4,7-8H,5-6,9-10,16H2,1-2H3. The van der Waals surface area contributed by atoms with E-state index >= 15 is 0 Å². The number of ether oxygens (including phenoxy) is 1.